The number of hydrogen-bond acceptors (Lipinski definition) is 14. The molecular weight excluding hydrogens is 944 g/mol. The summed E-state index contributed by atoms with van der Waals surface area (Å²) in [6.07, 6.45) is 3.49. The molecule has 3 N–H and O–H groups in total. The number of thioether (sulfide) groups is 1. The number of esters is 1. The number of carbonyl (C=O) groups is 6. The van der Waals surface area contributed by atoms with E-state index in [1.54, 1.807) is 45.2 Å². The Hall–Kier alpha value is -4.20. The van der Waals surface area contributed by atoms with E-state index < -0.39 is 82.9 Å². The maximum Gasteiger partial charge on any atom is 0.409 e. The molecule has 1 saturated carbocycles. The lowest BCUT2D eigenvalue weighted by Gasteiger charge is -2.42. The first-order valence-electron chi connectivity index (χ1n) is 24.3. The van der Waals surface area contributed by atoms with Crippen molar-refractivity contribution in [3.05, 3.63) is 46.5 Å². The van der Waals surface area contributed by atoms with E-state index in [9.17, 15) is 39.0 Å². The lowest BCUT2D eigenvalue weighted by atomic mass is 9.72. The first kappa shape index (κ1) is 55.1. The van der Waals surface area contributed by atoms with Gasteiger partial charge >= 0.3 is 12.1 Å². The molecule has 1 aromatic rings. The van der Waals surface area contributed by atoms with Crippen LogP contribution < -0.4 is 15.0 Å². The summed E-state index contributed by atoms with van der Waals surface area (Å²) in [7, 11) is 5.92. The lowest BCUT2D eigenvalue weighted by Crippen LogP contribution is -2.63. The number of rotatable bonds is 12. The van der Waals surface area contributed by atoms with Gasteiger partial charge in [0.25, 0.3) is 0 Å². The van der Waals surface area contributed by atoms with E-state index in [1.807, 2.05) is 33.8 Å². The van der Waals surface area contributed by atoms with Gasteiger partial charge in [0.1, 0.15) is 40.7 Å². The molecule has 4 bridgehead atoms. The average molecular weight is 1020 g/mol. The second kappa shape index (κ2) is 22.3. The summed E-state index contributed by atoms with van der Waals surface area (Å²) in [4.78, 5) is 85.5. The van der Waals surface area contributed by atoms with Crippen molar-refractivity contribution in [2.45, 2.75) is 159 Å². The fourth-order valence-corrected chi connectivity index (χ4v) is 11.7. The zero-order chi connectivity index (χ0) is 51.6. The Morgan fingerprint density at radius 2 is 1.77 bits per heavy atom. The van der Waals surface area contributed by atoms with Crippen molar-refractivity contribution in [2.24, 2.45) is 23.2 Å². The van der Waals surface area contributed by atoms with Gasteiger partial charge in [0.15, 0.2) is 5.72 Å². The van der Waals surface area contributed by atoms with E-state index in [4.69, 9.17) is 35.3 Å². The summed E-state index contributed by atoms with van der Waals surface area (Å²) in [5.74, 6) is -1.79. The topological polar surface area (TPSA) is 214 Å². The number of aliphatic hydroxyl groups excluding tert-OH is 1. The zero-order valence-electron chi connectivity index (χ0n) is 42.5. The van der Waals surface area contributed by atoms with E-state index in [-0.39, 0.29) is 65.5 Å². The van der Waals surface area contributed by atoms with Crippen LogP contribution in [0.1, 0.15) is 105 Å². The second-order valence-electron chi connectivity index (χ2n) is 21.2. The Bertz CT molecular complexity index is 2210. The van der Waals surface area contributed by atoms with E-state index in [1.165, 1.54) is 54.7 Å². The number of benzene rings is 1. The Morgan fingerprint density at radius 3 is 2.41 bits per heavy atom. The van der Waals surface area contributed by atoms with Gasteiger partial charge in [0, 0.05) is 58.7 Å². The maximum absolute atomic E-state index is 14.4. The first-order chi connectivity index (χ1) is 32.8. The first-order valence-corrected chi connectivity index (χ1v) is 25.7. The van der Waals surface area contributed by atoms with Gasteiger partial charge in [-0.15, -0.1) is 11.8 Å². The molecule has 10 atom stereocenters. The van der Waals surface area contributed by atoms with Gasteiger partial charge in [0.05, 0.1) is 36.7 Å². The van der Waals surface area contributed by atoms with Crippen LogP contribution in [0.3, 0.4) is 0 Å². The Labute approximate surface area is 421 Å². The molecule has 5 aliphatic rings. The van der Waals surface area contributed by atoms with Crippen LogP contribution in [-0.2, 0) is 49.3 Å². The summed E-state index contributed by atoms with van der Waals surface area (Å²) in [5, 5.41) is 24.7. The quantitative estimate of drug-likeness (QED) is 0.125. The number of imide groups is 1. The lowest BCUT2D eigenvalue weighted by molar-refractivity contribution is -0.162. The van der Waals surface area contributed by atoms with E-state index in [0.717, 1.165) is 36.8 Å². The minimum atomic E-state index is -1.87. The van der Waals surface area contributed by atoms with Crippen molar-refractivity contribution in [1.29, 1.82) is 0 Å². The van der Waals surface area contributed by atoms with Crippen molar-refractivity contribution >= 4 is 64.7 Å². The van der Waals surface area contributed by atoms with E-state index in [2.05, 4.69) is 5.32 Å². The van der Waals surface area contributed by atoms with Gasteiger partial charge in [-0.2, -0.15) is 0 Å². The monoisotopic (exact) mass is 1020 g/mol. The molecule has 1 aliphatic carbocycles. The molecule has 4 heterocycles. The average Bonchev–Trinajstić information content (AvgIpc) is 3.94. The smallest absolute Gasteiger partial charge is 0.409 e. The number of amides is 5. The molecule has 17 nitrogen and oxygen atoms in total. The number of likely N-dealkylation sites (tertiary alicyclic amines) is 1. The highest BCUT2D eigenvalue weighted by molar-refractivity contribution is 8.00. The minimum absolute atomic E-state index is 0.0242. The van der Waals surface area contributed by atoms with Gasteiger partial charge in [-0.05, 0) is 87.8 Å². The normalized spacial score (nSPS) is 33.0. The molecule has 70 heavy (non-hydrogen) atoms. The third-order valence-electron chi connectivity index (χ3n) is 15.0. The van der Waals surface area contributed by atoms with Crippen LogP contribution in [-0.4, -0.2) is 149 Å². The summed E-state index contributed by atoms with van der Waals surface area (Å²) in [5.41, 5.74) is -1.33. The molecule has 388 valence electrons. The highest BCUT2D eigenvalue weighted by Gasteiger charge is 2.64. The third kappa shape index (κ3) is 12.3. The molecule has 0 aromatic heterocycles. The number of fused-ring (bicyclic) bond motifs is 5. The number of methoxy groups -OCH3 is 2. The molecule has 4 fully saturated rings. The summed E-state index contributed by atoms with van der Waals surface area (Å²) < 4.78 is 29.5. The second-order valence-corrected chi connectivity index (χ2v) is 22.8. The molecule has 5 amide bonds. The summed E-state index contributed by atoms with van der Waals surface area (Å²) >= 11 is 8.06. The number of carbonyl (C=O) groups excluding carboxylic acids is 6. The number of nitrogens with one attached hydrogen (secondary N) is 1. The molecule has 0 radical (unpaired) electrons. The SMILES string of the molecule is COc1cc2cc(c1Cl)N(C)C(=O)C[C@H](OC(=O)[C@H](C)N(C)C(=O)CCS[C@H]1CC(=O)N(CC3CCC(C(O)C(C)(C)C)CC3)C1=O)[C@]1(C)O[C@H]1[C@H](C)[C@@H]1C[C@@](O)(NC(=O)O1)[C@H](OC)/C=C/C=C(\C)C2. The van der Waals surface area contributed by atoms with Gasteiger partial charge < -0.3 is 43.7 Å². The van der Waals surface area contributed by atoms with Crippen LogP contribution >= 0.6 is 23.4 Å². The van der Waals surface area contributed by atoms with Crippen LogP contribution in [0.25, 0.3) is 0 Å². The van der Waals surface area contributed by atoms with Crippen molar-refractivity contribution in [1.82, 2.24) is 15.1 Å². The van der Waals surface area contributed by atoms with Crippen LogP contribution in [0.5, 0.6) is 5.75 Å². The van der Waals surface area contributed by atoms with Crippen LogP contribution in [0, 0.1) is 23.2 Å². The number of likely N-dealkylation sites (N-methyl/N-ethyl adjacent to an activating group) is 1. The van der Waals surface area contributed by atoms with Crippen LogP contribution in [0.4, 0.5) is 10.5 Å². The maximum atomic E-state index is 14.4. The molecule has 19 heteroatoms. The highest BCUT2D eigenvalue weighted by atomic mass is 35.5. The standard InChI is InChI=1S/C51H73ClN4O13S/c1-28-13-12-14-38(66-11)51(64)26-36(67-48(63)53-51)29(2)45-50(7,69-45)39(25-41(58)55(9)34-22-32(21-28)23-35(65-10)43(34)52)68-47(62)30(3)54(8)40(57)19-20-70-37-24-42(59)56(46(37)61)27-31-15-17-33(18-16-31)44(60)49(4,5)6/h12-14,22-23,29-31,33,36-39,44-45,60,64H,15-21,24-27H2,1-11H3,(H,53,63)/b14-12+,28-13+/t29-,30+,31?,33?,36+,37+,38-,39+,44?,45+,50+,51+/m1/s1. The molecule has 1 aromatic carbocycles. The molecule has 4 aliphatic heterocycles. The van der Waals surface area contributed by atoms with E-state index in [0.29, 0.717) is 24.4 Å². The summed E-state index contributed by atoms with van der Waals surface area (Å²) in [6.45, 7) is 13.3. The number of allylic oxidation sites excluding steroid dienone is 3. The number of anilines is 1. The van der Waals surface area contributed by atoms with Gasteiger partial charge in [-0.25, -0.2) is 9.59 Å². The van der Waals surface area contributed by atoms with Crippen molar-refractivity contribution in [3.8, 4) is 5.75 Å². The highest BCUT2D eigenvalue weighted by Crippen LogP contribution is 2.49. The number of nitrogens with zero attached hydrogens (tertiary/aromatic N) is 3. The van der Waals surface area contributed by atoms with Crippen LogP contribution in [0.15, 0.2) is 35.9 Å². The minimum Gasteiger partial charge on any atom is -0.495 e. The predicted molar refractivity (Wildman–Crippen MR) is 264 cm³/mol. The number of alkyl carbamates (subject to hydrolysis) is 1. The van der Waals surface area contributed by atoms with Gasteiger partial charge in [-0.1, -0.05) is 63.1 Å². The van der Waals surface area contributed by atoms with Crippen LogP contribution in [0.2, 0.25) is 5.02 Å². The fraction of sp³-hybridized carbons (Fsp3) is 0.686. The largest absolute Gasteiger partial charge is 0.495 e. The molecule has 1 unspecified atom stereocenters. The zero-order valence-corrected chi connectivity index (χ0v) is 44.0. The molecular formula is C51H73ClN4O13S. The Morgan fingerprint density at radius 1 is 1.09 bits per heavy atom. The number of hydrogen-bond donors (Lipinski definition) is 3. The Balaban J connectivity index is 1.14. The molecule has 6 rings (SSSR count). The number of aliphatic hydroxyl groups is 2. The van der Waals surface area contributed by atoms with Crippen molar-refractivity contribution in [3.63, 3.8) is 0 Å². The number of epoxide rings is 1. The molecule has 0 spiro atoms. The number of halogens is 1. The van der Waals surface area contributed by atoms with Crippen molar-refractivity contribution < 1.29 is 62.7 Å². The van der Waals surface area contributed by atoms with E-state index >= 15 is 0 Å². The third-order valence-corrected chi connectivity index (χ3v) is 16.6. The Kier molecular flexibility index (Phi) is 17.5. The van der Waals surface area contributed by atoms with Gasteiger partial charge in [0.2, 0.25) is 23.6 Å². The van der Waals surface area contributed by atoms with Gasteiger partial charge in [-0.3, -0.25) is 29.4 Å². The van der Waals surface area contributed by atoms with Crippen molar-refractivity contribution in [2.75, 3.05) is 45.5 Å². The molecule has 3 saturated heterocycles. The predicted octanol–water partition coefficient (Wildman–Crippen LogP) is 5.98. The fourth-order valence-electron chi connectivity index (χ4n) is 10.3. The number of ether oxygens (including phenoxy) is 5. The summed E-state index contributed by atoms with van der Waals surface area (Å²) in [6, 6.07) is 2.44.